The van der Waals surface area contributed by atoms with E-state index in [-0.39, 0.29) is 0 Å². The summed E-state index contributed by atoms with van der Waals surface area (Å²) in [5.74, 6) is 1.63. The molecule has 14 heavy (non-hydrogen) atoms. The summed E-state index contributed by atoms with van der Waals surface area (Å²) in [6.07, 6.45) is 6.35. The third-order valence-corrected chi connectivity index (χ3v) is 2.72. The van der Waals surface area contributed by atoms with Gasteiger partial charge in [0, 0.05) is 12.8 Å². The third-order valence-electron chi connectivity index (χ3n) is 2.72. The predicted octanol–water partition coefficient (Wildman–Crippen LogP) is 4.21. The molecule has 0 spiro atoms. The Kier molecular flexibility index (Phi) is 7.83. The number of Topliss-reactive ketones (excluding diaryl/α,β-unsaturated/α-hetero) is 1. The molecule has 0 N–H and O–H groups in total. The van der Waals surface area contributed by atoms with Gasteiger partial charge in [0.1, 0.15) is 5.78 Å². The Morgan fingerprint density at radius 3 is 1.57 bits per heavy atom. The normalized spacial score (nSPS) is 15.1. The van der Waals surface area contributed by atoms with Gasteiger partial charge in [-0.1, -0.05) is 53.4 Å². The Morgan fingerprint density at radius 2 is 1.29 bits per heavy atom. The molecule has 0 saturated carbocycles. The smallest absolute Gasteiger partial charge is 0.133 e. The monoisotopic (exact) mass is 198 g/mol. The largest absolute Gasteiger partial charge is 0.300 e. The summed E-state index contributed by atoms with van der Waals surface area (Å²) in [5, 5.41) is 0. The molecule has 0 rings (SSSR count). The van der Waals surface area contributed by atoms with E-state index in [2.05, 4.69) is 27.7 Å². The van der Waals surface area contributed by atoms with Crippen molar-refractivity contribution in [2.45, 2.75) is 66.2 Å². The van der Waals surface area contributed by atoms with Crippen molar-refractivity contribution in [1.29, 1.82) is 0 Å². The fourth-order valence-electron chi connectivity index (χ4n) is 2.05. The van der Waals surface area contributed by atoms with Crippen LogP contribution in [0.1, 0.15) is 66.2 Å². The summed E-state index contributed by atoms with van der Waals surface area (Å²) >= 11 is 0. The lowest BCUT2D eigenvalue weighted by Crippen LogP contribution is -2.09. The Labute approximate surface area is 89.3 Å². The van der Waals surface area contributed by atoms with Crippen LogP contribution in [0.25, 0.3) is 0 Å². The van der Waals surface area contributed by atoms with Gasteiger partial charge in [-0.25, -0.2) is 0 Å². The van der Waals surface area contributed by atoms with E-state index in [1.165, 1.54) is 25.7 Å². The highest BCUT2D eigenvalue weighted by Crippen LogP contribution is 2.16. The van der Waals surface area contributed by atoms with Gasteiger partial charge in [-0.2, -0.15) is 0 Å². The number of carbonyl (C=O) groups is 1. The molecule has 0 aliphatic carbocycles. The molecule has 0 amide bonds. The van der Waals surface area contributed by atoms with Gasteiger partial charge < -0.3 is 0 Å². The zero-order valence-electron chi connectivity index (χ0n) is 10.3. The first-order valence-electron chi connectivity index (χ1n) is 6.11. The van der Waals surface area contributed by atoms with Crippen LogP contribution in [0.3, 0.4) is 0 Å². The average molecular weight is 198 g/mol. The second-order valence-electron chi connectivity index (χ2n) is 4.73. The van der Waals surface area contributed by atoms with Crippen LogP contribution in [0.2, 0.25) is 0 Å². The van der Waals surface area contributed by atoms with Crippen molar-refractivity contribution in [1.82, 2.24) is 0 Å². The maximum atomic E-state index is 11.6. The third kappa shape index (κ3) is 7.11. The van der Waals surface area contributed by atoms with Crippen LogP contribution in [-0.4, -0.2) is 5.78 Å². The maximum Gasteiger partial charge on any atom is 0.133 e. The second kappa shape index (κ2) is 8.02. The lowest BCUT2D eigenvalue weighted by molar-refractivity contribution is -0.120. The molecule has 84 valence electrons. The molecule has 0 aromatic heterocycles. The predicted molar refractivity (Wildman–Crippen MR) is 62.4 cm³/mol. The van der Waals surface area contributed by atoms with Crippen molar-refractivity contribution < 1.29 is 4.79 Å². The molecule has 0 heterocycles. The van der Waals surface area contributed by atoms with Gasteiger partial charge in [0.2, 0.25) is 0 Å². The molecule has 0 bridgehead atoms. The number of ketones is 1. The standard InChI is InChI=1S/C13H26O/c1-5-7-11(3)9-13(14)10-12(4)8-6-2/h11-12H,5-10H2,1-4H3. The Bertz CT molecular complexity index is 135. The first-order valence-corrected chi connectivity index (χ1v) is 6.11. The number of carbonyl (C=O) groups excluding carboxylic acids is 1. The first-order chi connectivity index (χ1) is 6.60. The van der Waals surface area contributed by atoms with Crippen LogP contribution in [0.15, 0.2) is 0 Å². The molecule has 1 heteroatoms. The minimum atomic E-state index is 0.465. The van der Waals surface area contributed by atoms with Gasteiger partial charge in [0.05, 0.1) is 0 Å². The highest BCUT2D eigenvalue weighted by atomic mass is 16.1. The fraction of sp³-hybridized carbons (Fsp3) is 0.923. The van der Waals surface area contributed by atoms with Gasteiger partial charge in [0.25, 0.3) is 0 Å². The van der Waals surface area contributed by atoms with Crippen LogP contribution in [-0.2, 0) is 4.79 Å². The highest BCUT2D eigenvalue weighted by Gasteiger charge is 2.11. The van der Waals surface area contributed by atoms with E-state index in [0.29, 0.717) is 17.6 Å². The number of rotatable bonds is 8. The van der Waals surface area contributed by atoms with Crippen LogP contribution < -0.4 is 0 Å². The van der Waals surface area contributed by atoms with Gasteiger partial charge >= 0.3 is 0 Å². The van der Waals surface area contributed by atoms with Gasteiger partial charge in [0.15, 0.2) is 0 Å². The summed E-state index contributed by atoms with van der Waals surface area (Å²) in [4.78, 5) is 11.6. The summed E-state index contributed by atoms with van der Waals surface area (Å²) in [6, 6.07) is 0. The van der Waals surface area contributed by atoms with Crippen LogP contribution in [0.5, 0.6) is 0 Å². The van der Waals surface area contributed by atoms with Gasteiger partial charge in [-0.15, -0.1) is 0 Å². The Balaban J connectivity index is 3.63. The highest BCUT2D eigenvalue weighted by molar-refractivity contribution is 5.78. The molecule has 0 fully saturated rings. The van der Waals surface area contributed by atoms with E-state index in [4.69, 9.17) is 0 Å². The minimum Gasteiger partial charge on any atom is -0.300 e. The molecular formula is C13H26O. The quantitative estimate of drug-likeness (QED) is 0.571. The van der Waals surface area contributed by atoms with E-state index in [9.17, 15) is 4.79 Å². The Hall–Kier alpha value is -0.330. The topological polar surface area (TPSA) is 17.1 Å². The van der Waals surface area contributed by atoms with Crippen LogP contribution in [0.4, 0.5) is 0 Å². The van der Waals surface area contributed by atoms with Crippen molar-refractivity contribution in [2.75, 3.05) is 0 Å². The Morgan fingerprint density at radius 1 is 0.929 bits per heavy atom. The van der Waals surface area contributed by atoms with Crippen molar-refractivity contribution in [2.24, 2.45) is 11.8 Å². The van der Waals surface area contributed by atoms with Crippen LogP contribution >= 0.6 is 0 Å². The van der Waals surface area contributed by atoms with Crippen molar-refractivity contribution in [3.63, 3.8) is 0 Å². The molecular weight excluding hydrogens is 172 g/mol. The second-order valence-corrected chi connectivity index (χ2v) is 4.73. The number of hydrogen-bond donors (Lipinski definition) is 0. The van der Waals surface area contributed by atoms with Gasteiger partial charge in [-0.3, -0.25) is 4.79 Å². The zero-order chi connectivity index (χ0) is 11.0. The summed E-state index contributed by atoms with van der Waals surface area (Å²) in [7, 11) is 0. The SMILES string of the molecule is CCCC(C)CC(=O)CC(C)CCC. The van der Waals surface area contributed by atoms with Crippen LogP contribution in [0, 0.1) is 11.8 Å². The number of hydrogen-bond acceptors (Lipinski definition) is 1. The van der Waals surface area contributed by atoms with E-state index in [1.807, 2.05) is 0 Å². The zero-order valence-corrected chi connectivity index (χ0v) is 10.3. The lowest BCUT2D eigenvalue weighted by atomic mass is 9.93. The molecule has 0 radical (unpaired) electrons. The van der Waals surface area contributed by atoms with E-state index in [1.54, 1.807) is 0 Å². The van der Waals surface area contributed by atoms with Gasteiger partial charge in [-0.05, 0) is 11.8 Å². The van der Waals surface area contributed by atoms with E-state index < -0.39 is 0 Å². The molecule has 2 atom stereocenters. The van der Waals surface area contributed by atoms with Crippen molar-refractivity contribution >= 4 is 5.78 Å². The minimum absolute atomic E-state index is 0.465. The molecule has 2 unspecified atom stereocenters. The molecule has 0 saturated heterocycles. The van der Waals surface area contributed by atoms with E-state index in [0.717, 1.165) is 12.8 Å². The first kappa shape index (κ1) is 13.7. The maximum absolute atomic E-state index is 11.6. The summed E-state index contributed by atoms with van der Waals surface area (Å²) in [6.45, 7) is 8.74. The molecule has 0 aromatic rings. The fourth-order valence-corrected chi connectivity index (χ4v) is 2.05. The van der Waals surface area contributed by atoms with Crippen molar-refractivity contribution in [3.8, 4) is 0 Å². The average Bonchev–Trinajstić information content (AvgIpc) is 2.03. The molecule has 0 aliphatic rings. The molecule has 0 aromatic carbocycles. The lowest BCUT2D eigenvalue weighted by Gasteiger charge is -2.12. The van der Waals surface area contributed by atoms with Crippen molar-refractivity contribution in [3.05, 3.63) is 0 Å². The summed E-state index contributed by atoms with van der Waals surface area (Å²) < 4.78 is 0. The van der Waals surface area contributed by atoms with E-state index >= 15 is 0 Å². The molecule has 1 nitrogen and oxygen atoms in total. The molecule has 0 aliphatic heterocycles. The summed E-state index contributed by atoms with van der Waals surface area (Å²) in [5.41, 5.74) is 0.